The predicted molar refractivity (Wildman–Crippen MR) is 104 cm³/mol. The molecule has 0 spiro atoms. The molecule has 0 fully saturated rings. The van der Waals surface area contributed by atoms with Crippen LogP contribution in [0.15, 0.2) is 65.1 Å². The fraction of sp³-hybridized carbons (Fsp3) is 0. The highest BCUT2D eigenvalue weighted by atomic mass is 35.5. The van der Waals surface area contributed by atoms with Crippen LogP contribution in [0, 0.1) is 10.1 Å². The van der Waals surface area contributed by atoms with Crippen molar-refractivity contribution >= 4 is 40.7 Å². The van der Waals surface area contributed by atoms with Gasteiger partial charge in [-0.25, -0.2) is 5.43 Å². The molecule has 0 saturated heterocycles. The summed E-state index contributed by atoms with van der Waals surface area (Å²) in [6.45, 7) is 0. The van der Waals surface area contributed by atoms with E-state index in [0.29, 0.717) is 10.6 Å². The van der Waals surface area contributed by atoms with Crippen molar-refractivity contribution in [3.05, 3.63) is 85.6 Å². The Hall–Kier alpha value is -3.23. The van der Waals surface area contributed by atoms with Crippen molar-refractivity contribution in [3.63, 3.8) is 0 Å². The fourth-order valence-electron chi connectivity index (χ4n) is 2.10. The van der Waals surface area contributed by atoms with Crippen LogP contribution < -0.4 is 10.2 Å². The summed E-state index contributed by atoms with van der Waals surface area (Å²) >= 11 is 7.11. The van der Waals surface area contributed by atoms with Gasteiger partial charge in [0.1, 0.15) is 5.75 Å². The number of rotatable bonds is 6. The molecular weight excluding hydrogens is 390 g/mol. The van der Waals surface area contributed by atoms with E-state index >= 15 is 0 Å². The van der Waals surface area contributed by atoms with Crippen molar-refractivity contribution in [2.75, 3.05) is 0 Å². The van der Waals surface area contributed by atoms with Crippen LogP contribution in [0.3, 0.4) is 0 Å². The SMILES string of the molecule is O=C(N/N=C\c1ccc(Oc2ccc(Cl)cc2[N+](=O)[O-])cc1)c1cccs1. The van der Waals surface area contributed by atoms with Crippen LogP contribution in [0.25, 0.3) is 0 Å². The molecule has 0 atom stereocenters. The molecule has 7 nitrogen and oxygen atoms in total. The minimum atomic E-state index is -0.557. The first-order chi connectivity index (χ1) is 13.0. The first-order valence-electron chi connectivity index (χ1n) is 7.62. The van der Waals surface area contributed by atoms with E-state index in [4.69, 9.17) is 16.3 Å². The molecular formula is C18H12ClN3O4S. The number of hydrogen-bond donors (Lipinski definition) is 1. The number of hydrogen-bond acceptors (Lipinski definition) is 6. The number of amides is 1. The van der Waals surface area contributed by atoms with Gasteiger partial charge in [-0.2, -0.15) is 5.10 Å². The summed E-state index contributed by atoms with van der Waals surface area (Å²) in [5.41, 5.74) is 2.94. The van der Waals surface area contributed by atoms with E-state index in [0.717, 1.165) is 5.56 Å². The molecule has 0 unspecified atom stereocenters. The second kappa shape index (κ2) is 8.43. The van der Waals surface area contributed by atoms with E-state index in [1.807, 2.05) is 5.38 Å². The van der Waals surface area contributed by atoms with Crippen molar-refractivity contribution in [2.45, 2.75) is 0 Å². The van der Waals surface area contributed by atoms with Crippen molar-refractivity contribution in [1.82, 2.24) is 5.43 Å². The van der Waals surface area contributed by atoms with Gasteiger partial charge in [-0.15, -0.1) is 11.3 Å². The molecule has 3 aromatic rings. The highest BCUT2D eigenvalue weighted by molar-refractivity contribution is 7.12. The monoisotopic (exact) mass is 401 g/mol. The number of nitrogens with one attached hydrogen (secondary N) is 1. The Morgan fingerprint density at radius 3 is 2.67 bits per heavy atom. The van der Waals surface area contributed by atoms with Crippen molar-refractivity contribution in [2.24, 2.45) is 5.10 Å². The second-order valence-corrected chi connectivity index (χ2v) is 6.60. The molecule has 9 heteroatoms. The van der Waals surface area contributed by atoms with Gasteiger partial charge in [-0.05, 0) is 53.4 Å². The highest BCUT2D eigenvalue weighted by Crippen LogP contribution is 2.33. The molecule has 1 heterocycles. The van der Waals surface area contributed by atoms with Gasteiger partial charge in [-0.3, -0.25) is 14.9 Å². The second-order valence-electron chi connectivity index (χ2n) is 5.22. The lowest BCUT2D eigenvalue weighted by Gasteiger charge is -2.06. The number of hydrazone groups is 1. The van der Waals surface area contributed by atoms with Crippen LogP contribution in [0.2, 0.25) is 5.02 Å². The quantitative estimate of drug-likeness (QED) is 0.362. The zero-order valence-electron chi connectivity index (χ0n) is 13.7. The third-order valence-corrected chi connectivity index (χ3v) is 4.45. The molecule has 0 aliphatic heterocycles. The Kier molecular flexibility index (Phi) is 5.80. The fourth-order valence-corrected chi connectivity index (χ4v) is 2.88. The Labute approximate surface area is 163 Å². The molecule has 1 amide bonds. The van der Waals surface area contributed by atoms with Gasteiger partial charge in [0.05, 0.1) is 16.0 Å². The molecule has 0 saturated carbocycles. The number of nitro benzene ring substituents is 1. The number of thiophene rings is 1. The molecule has 27 heavy (non-hydrogen) atoms. The summed E-state index contributed by atoms with van der Waals surface area (Å²) < 4.78 is 5.56. The molecule has 3 rings (SSSR count). The largest absolute Gasteiger partial charge is 0.450 e. The van der Waals surface area contributed by atoms with Crippen molar-refractivity contribution in [3.8, 4) is 11.5 Å². The zero-order valence-corrected chi connectivity index (χ0v) is 15.2. The van der Waals surface area contributed by atoms with E-state index in [2.05, 4.69) is 10.5 Å². The summed E-state index contributed by atoms with van der Waals surface area (Å²) in [6.07, 6.45) is 1.49. The van der Waals surface area contributed by atoms with Gasteiger partial charge in [0.25, 0.3) is 5.91 Å². The number of carbonyl (C=O) groups is 1. The smallest absolute Gasteiger partial charge is 0.313 e. The Morgan fingerprint density at radius 1 is 1.22 bits per heavy atom. The normalized spacial score (nSPS) is 10.7. The zero-order chi connectivity index (χ0) is 19.2. The van der Waals surface area contributed by atoms with Crippen LogP contribution in [0.1, 0.15) is 15.2 Å². The number of benzene rings is 2. The standard InChI is InChI=1S/C18H12ClN3O4S/c19-13-5-8-16(15(10-13)22(24)25)26-14-6-3-12(4-7-14)11-20-21-18(23)17-2-1-9-27-17/h1-11H,(H,21,23)/b20-11-. The number of carbonyl (C=O) groups excluding carboxylic acids is 1. The van der Waals surface area contributed by atoms with E-state index in [1.165, 1.54) is 35.8 Å². The summed E-state index contributed by atoms with van der Waals surface area (Å²) in [7, 11) is 0. The summed E-state index contributed by atoms with van der Waals surface area (Å²) in [6, 6.07) is 14.4. The van der Waals surface area contributed by atoms with Gasteiger partial charge >= 0.3 is 5.69 Å². The molecule has 0 bridgehead atoms. The van der Waals surface area contributed by atoms with E-state index < -0.39 is 4.92 Å². The first kappa shape index (κ1) is 18.6. The first-order valence-corrected chi connectivity index (χ1v) is 8.87. The Balaban J connectivity index is 1.65. The molecule has 2 aromatic carbocycles. The van der Waals surface area contributed by atoms with Crippen molar-refractivity contribution < 1.29 is 14.5 Å². The molecule has 0 aliphatic carbocycles. The number of nitrogens with zero attached hydrogens (tertiary/aromatic N) is 2. The van der Waals surface area contributed by atoms with Crippen molar-refractivity contribution in [1.29, 1.82) is 0 Å². The molecule has 1 N–H and O–H groups in total. The molecule has 0 radical (unpaired) electrons. The summed E-state index contributed by atoms with van der Waals surface area (Å²) in [5, 5.41) is 17.1. The maximum Gasteiger partial charge on any atom is 0.313 e. The van der Waals surface area contributed by atoms with Crippen LogP contribution in [0.5, 0.6) is 11.5 Å². The molecule has 0 aliphatic rings. The Bertz CT molecular complexity index is 988. The minimum Gasteiger partial charge on any atom is -0.450 e. The van der Waals surface area contributed by atoms with Crippen LogP contribution in [-0.2, 0) is 0 Å². The lowest BCUT2D eigenvalue weighted by atomic mass is 10.2. The van der Waals surface area contributed by atoms with Crippen LogP contribution in [0.4, 0.5) is 5.69 Å². The summed E-state index contributed by atoms with van der Waals surface area (Å²) in [4.78, 5) is 22.9. The third kappa shape index (κ3) is 4.90. The molecule has 1 aromatic heterocycles. The highest BCUT2D eigenvalue weighted by Gasteiger charge is 2.16. The lowest BCUT2D eigenvalue weighted by molar-refractivity contribution is -0.385. The maximum absolute atomic E-state index is 11.8. The van der Waals surface area contributed by atoms with Crippen LogP contribution in [-0.4, -0.2) is 17.0 Å². The van der Waals surface area contributed by atoms with Gasteiger partial charge in [0.2, 0.25) is 5.75 Å². The van der Waals surface area contributed by atoms with E-state index in [9.17, 15) is 14.9 Å². The average molecular weight is 402 g/mol. The minimum absolute atomic E-state index is 0.0917. The predicted octanol–water partition coefficient (Wildman–Crippen LogP) is 4.87. The topological polar surface area (TPSA) is 93.8 Å². The van der Waals surface area contributed by atoms with Gasteiger partial charge in [0.15, 0.2) is 0 Å². The lowest BCUT2D eigenvalue weighted by Crippen LogP contribution is -2.16. The van der Waals surface area contributed by atoms with Gasteiger partial charge < -0.3 is 4.74 Å². The number of halogens is 1. The maximum atomic E-state index is 11.8. The van der Waals surface area contributed by atoms with Gasteiger partial charge in [0, 0.05) is 11.1 Å². The molecule has 136 valence electrons. The van der Waals surface area contributed by atoms with Crippen LogP contribution >= 0.6 is 22.9 Å². The number of nitro groups is 1. The summed E-state index contributed by atoms with van der Waals surface area (Å²) in [5.74, 6) is 0.227. The number of ether oxygens (including phenoxy) is 1. The third-order valence-electron chi connectivity index (χ3n) is 3.35. The van der Waals surface area contributed by atoms with E-state index in [1.54, 1.807) is 36.4 Å². The van der Waals surface area contributed by atoms with Gasteiger partial charge in [-0.1, -0.05) is 17.7 Å². The van der Waals surface area contributed by atoms with E-state index in [-0.39, 0.29) is 22.4 Å². The average Bonchev–Trinajstić information content (AvgIpc) is 3.19. The Morgan fingerprint density at radius 2 is 2.00 bits per heavy atom.